The number of nitrogens with zero attached hydrogens (tertiary/aromatic N) is 1. The minimum atomic E-state index is 0.597. The molecule has 0 radical (unpaired) electrons. The third-order valence-corrected chi connectivity index (χ3v) is 0.853. The topological polar surface area (TPSA) is 37.0 Å². The van der Waals surface area contributed by atoms with Crippen LogP contribution < -0.4 is 11.1 Å². The van der Waals surface area contributed by atoms with E-state index in [1.165, 1.54) is 11.8 Å². The summed E-state index contributed by atoms with van der Waals surface area (Å²) in [5, 5.41) is 0. The van der Waals surface area contributed by atoms with Crippen LogP contribution in [-0.4, -0.2) is 4.98 Å². The summed E-state index contributed by atoms with van der Waals surface area (Å²) in [6.07, 6.45) is 3.12. The number of hydrogen-bond donors (Lipinski definition) is 2. The Morgan fingerprint density at radius 3 is 3.00 bits per heavy atom. The number of hydrogen-bond acceptors (Lipinski definition) is 3. The standard InChI is InChI=1S/C5H6FN3/c6-9-8-5-2-1-3-7-4-5/h1-4,8-9H. The van der Waals surface area contributed by atoms with Gasteiger partial charge in [0, 0.05) is 6.20 Å². The largest absolute Gasteiger partial charge is 0.293 e. The van der Waals surface area contributed by atoms with Crippen molar-refractivity contribution in [3.05, 3.63) is 24.5 Å². The van der Waals surface area contributed by atoms with Crippen LogP contribution in [0.2, 0.25) is 0 Å². The van der Waals surface area contributed by atoms with E-state index in [2.05, 4.69) is 10.4 Å². The maximum atomic E-state index is 11.3. The van der Waals surface area contributed by atoms with E-state index in [0.717, 1.165) is 0 Å². The molecule has 0 aliphatic carbocycles. The third-order valence-electron chi connectivity index (χ3n) is 0.853. The number of aromatic nitrogens is 1. The summed E-state index contributed by atoms with van der Waals surface area (Å²) in [5.41, 5.74) is 4.12. The summed E-state index contributed by atoms with van der Waals surface area (Å²) in [5.74, 6) is 0. The molecule has 0 atom stereocenters. The lowest BCUT2D eigenvalue weighted by atomic mass is 10.4. The van der Waals surface area contributed by atoms with E-state index in [4.69, 9.17) is 0 Å². The van der Waals surface area contributed by atoms with Gasteiger partial charge in [0.25, 0.3) is 0 Å². The van der Waals surface area contributed by atoms with Gasteiger partial charge in [-0.15, -0.1) is 4.48 Å². The molecule has 0 bridgehead atoms. The molecule has 0 aliphatic rings. The molecule has 0 aliphatic heterocycles. The average molecular weight is 127 g/mol. The highest BCUT2D eigenvalue weighted by atomic mass is 19.2. The Morgan fingerprint density at radius 2 is 2.44 bits per heavy atom. The average Bonchev–Trinajstić information content (AvgIpc) is 1.91. The van der Waals surface area contributed by atoms with Gasteiger partial charge in [0.05, 0.1) is 11.9 Å². The number of halogens is 1. The molecule has 1 aromatic heterocycles. The first-order chi connectivity index (χ1) is 4.43. The van der Waals surface area contributed by atoms with Gasteiger partial charge in [0.15, 0.2) is 0 Å². The zero-order valence-electron chi connectivity index (χ0n) is 4.63. The predicted molar refractivity (Wildman–Crippen MR) is 32.1 cm³/mol. The van der Waals surface area contributed by atoms with Gasteiger partial charge in [-0.3, -0.25) is 10.4 Å². The van der Waals surface area contributed by atoms with Crippen LogP contribution in [0.25, 0.3) is 0 Å². The van der Waals surface area contributed by atoms with Crippen molar-refractivity contribution in [1.29, 1.82) is 0 Å². The molecular weight excluding hydrogens is 121 g/mol. The first-order valence-corrected chi connectivity index (χ1v) is 2.45. The molecule has 1 heterocycles. The molecule has 0 amide bonds. The summed E-state index contributed by atoms with van der Waals surface area (Å²) in [6.45, 7) is 0. The highest BCUT2D eigenvalue weighted by molar-refractivity contribution is 5.37. The normalized spacial score (nSPS) is 9.00. The maximum Gasteiger partial charge on any atom is 0.0695 e. The highest BCUT2D eigenvalue weighted by Crippen LogP contribution is 1.98. The fraction of sp³-hybridized carbons (Fsp3) is 0. The Balaban J connectivity index is 2.61. The predicted octanol–water partition coefficient (Wildman–Crippen LogP) is 0.883. The lowest BCUT2D eigenvalue weighted by Gasteiger charge is -1.96. The minimum Gasteiger partial charge on any atom is -0.293 e. The first-order valence-electron chi connectivity index (χ1n) is 2.45. The van der Waals surface area contributed by atoms with Gasteiger partial charge in [-0.2, -0.15) is 0 Å². The Morgan fingerprint density at radius 1 is 1.56 bits per heavy atom. The van der Waals surface area contributed by atoms with E-state index >= 15 is 0 Å². The molecule has 1 aromatic rings. The fourth-order valence-electron chi connectivity index (χ4n) is 0.491. The zero-order valence-corrected chi connectivity index (χ0v) is 4.63. The SMILES string of the molecule is FNNc1cccnc1. The maximum absolute atomic E-state index is 11.3. The quantitative estimate of drug-likeness (QED) is 0.457. The lowest BCUT2D eigenvalue weighted by Crippen LogP contribution is -2.09. The van der Waals surface area contributed by atoms with Crippen LogP contribution >= 0.6 is 0 Å². The Bertz CT molecular complexity index is 165. The molecular formula is C5H6FN3. The number of rotatable bonds is 2. The van der Waals surface area contributed by atoms with Gasteiger partial charge in [-0.25, -0.2) is 0 Å². The number of hydrazine groups is 1. The van der Waals surface area contributed by atoms with Gasteiger partial charge in [0.2, 0.25) is 0 Å². The summed E-state index contributed by atoms with van der Waals surface area (Å²) < 4.78 is 11.3. The fourth-order valence-corrected chi connectivity index (χ4v) is 0.491. The van der Waals surface area contributed by atoms with Crippen LogP contribution in [0.4, 0.5) is 10.2 Å². The van der Waals surface area contributed by atoms with E-state index in [1.54, 1.807) is 18.3 Å². The first kappa shape index (κ1) is 5.97. The monoisotopic (exact) mass is 127 g/mol. The lowest BCUT2D eigenvalue weighted by molar-refractivity contribution is 0.376. The van der Waals surface area contributed by atoms with Gasteiger partial charge in [-0.05, 0) is 12.1 Å². The summed E-state index contributed by atoms with van der Waals surface area (Å²) in [6, 6.07) is 3.40. The van der Waals surface area contributed by atoms with Gasteiger partial charge < -0.3 is 0 Å². The van der Waals surface area contributed by atoms with Crippen molar-refractivity contribution < 1.29 is 4.48 Å². The molecule has 0 spiro atoms. The number of anilines is 1. The third kappa shape index (κ3) is 1.65. The smallest absolute Gasteiger partial charge is 0.0695 e. The number of pyridine rings is 1. The summed E-state index contributed by atoms with van der Waals surface area (Å²) >= 11 is 0. The van der Waals surface area contributed by atoms with Crippen molar-refractivity contribution in [2.24, 2.45) is 0 Å². The summed E-state index contributed by atoms with van der Waals surface area (Å²) in [4.78, 5) is 3.73. The van der Waals surface area contributed by atoms with Crippen molar-refractivity contribution in [1.82, 2.24) is 10.6 Å². The second kappa shape index (κ2) is 2.99. The number of nitrogens with one attached hydrogen (secondary N) is 2. The van der Waals surface area contributed by atoms with Gasteiger partial charge in [0.1, 0.15) is 0 Å². The highest BCUT2D eigenvalue weighted by Gasteiger charge is 1.83. The van der Waals surface area contributed by atoms with Gasteiger partial charge in [-0.1, -0.05) is 5.65 Å². The van der Waals surface area contributed by atoms with Crippen molar-refractivity contribution in [2.75, 3.05) is 5.43 Å². The van der Waals surface area contributed by atoms with E-state index < -0.39 is 0 Å². The Labute approximate surface area is 51.8 Å². The molecule has 0 saturated heterocycles. The summed E-state index contributed by atoms with van der Waals surface area (Å²) in [7, 11) is 0. The van der Waals surface area contributed by atoms with Crippen molar-refractivity contribution in [3.63, 3.8) is 0 Å². The molecule has 2 N–H and O–H groups in total. The second-order valence-corrected chi connectivity index (χ2v) is 1.46. The van der Waals surface area contributed by atoms with E-state index in [9.17, 15) is 4.48 Å². The van der Waals surface area contributed by atoms with Gasteiger partial charge >= 0.3 is 0 Å². The molecule has 0 saturated carbocycles. The molecule has 4 heteroatoms. The molecule has 0 aromatic carbocycles. The van der Waals surface area contributed by atoms with Crippen LogP contribution in [0.15, 0.2) is 24.5 Å². The molecule has 3 nitrogen and oxygen atoms in total. The van der Waals surface area contributed by atoms with Crippen LogP contribution in [0.5, 0.6) is 0 Å². The molecule has 1 rings (SSSR count). The molecule has 0 fully saturated rings. The Hall–Kier alpha value is -1.16. The van der Waals surface area contributed by atoms with Crippen LogP contribution in [-0.2, 0) is 0 Å². The van der Waals surface area contributed by atoms with Crippen LogP contribution in [0.3, 0.4) is 0 Å². The van der Waals surface area contributed by atoms with Crippen molar-refractivity contribution in [2.45, 2.75) is 0 Å². The minimum absolute atomic E-state index is 0.597. The molecule has 9 heavy (non-hydrogen) atoms. The Kier molecular flexibility index (Phi) is 1.98. The zero-order chi connectivity index (χ0) is 6.53. The molecule has 0 unspecified atom stereocenters. The van der Waals surface area contributed by atoms with E-state index in [-0.39, 0.29) is 0 Å². The second-order valence-electron chi connectivity index (χ2n) is 1.46. The van der Waals surface area contributed by atoms with Crippen LogP contribution in [0, 0.1) is 0 Å². The van der Waals surface area contributed by atoms with Crippen molar-refractivity contribution in [3.8, 4) is 0 Å². The van der Waals surface area contributed by atoms with E-state index in [1.807, 2.05) is 0 Å². The van der Waals surface area contributed by atoms with Crippen molar-refractivity contribution >= 4 is 5.69 Å². The van der Waals surface area contributed by atoms with E-state index in [0.29, 0.717) is 5.69 Å². The van der Waals surface area contributed by atoms with Crippen LogP contribution in [0.1, 0.15) is 0 Å². The molecule has 48 valence electrons.